The van der Waals surface area contributed by atoms with Gasteiger partial charge in [0.2, 0.25) is 0 Å². The molecule has 0 aromatic heterocycles. The molecular formula is C11H17NO2. The van der Waals surface area contributed by atoms with E-state index in [1.165, 1.54) is 6.07 Å². The van der Waals surface area contributed by atoms with E-state index in [2.05, 4.69) is 5.32 Å². The molecule has 0 fully saturated rings. The quantitative estimate of drug-likeness (QED) is 0.513. The first-order chi connectivity index (χ1) is 6.56. The van der Waals surface area contributed by atoms with Crippen LogP contribution in [0.1, 0.15) is 32.3 Å². The summed E-state index contributed by atoms with van der Waals surface area (Å²) < 4.78 is 0. The third-order valence-electron chi connectivity index (χ3n) is 2.13. The minimum Gasteiger partial charge on any atom is -0.508 e. The van der Waals surface area contributed by atoms with E-state index >= 15 is 0 Å². The van der Waals surface area contributed by atoms with Gasteiger partial charge in [-0.05, 0) is 24.5 Å². The second-order valence-electron chi connectivity index (χ2n) is 3.61. The van der Waals surface area contributed by atoms with Crippen molar-refractivity contribution in [2.75, 3.05) is 11.9 Å². The van der Waals surface area contributed by atoms with Gasteiger partial charge in [-0.15, -0.1) is 0 Å². The van der Waals surface area contributed by atoms with E-state index in [4.69, 9.17) is 0 Å². The van der Waals surface area contributed by atoms with Crippen LogP contribution in [0.15, 0.2) is 12.1 Å². The van der Waals surface area contributed by atoms with E-state index in [1.807, 2.05) is 20.8 Å². The number of phenols is 2. The predicted octanol–water partition coefficient (Wildman–Crippen LogP) is 2.65. The molecule has 3 heteroatoms. The fraction of sp³-hybridized carbons (Fsp3) is 0.455. The van der Waals surface area contributed by atoms with Gasteiger partial charge < -0.3 is 15.5 Å². The Kier molecular flexibility index (Phi) is 3.23. The molecule has 0 saturated carbocycles. The van der Waals surface area contributed by atoms with E-state index in [-0.39, 0.29) is 17.4 Å². The number of nitrogens with one attached hydrogen (secondary N) is 1. The van der Waals surface area contributed by atoms with Crippen molar-refractivity contribution in [3.63, 3.8) is 0 Å². The maximum absolute atomic E-state index is 9.57. The van der Waals surface area contributed by atoms with Crippen LogP contribution >= 0.6 is 0 Å². The van der Waals surface area contributed by atoms with E-state index in [9.17, 15) is 10.2 Å². The summed E-state index contributed by atoms with van der Waals surface area (Å²) >= 11 is 0. The largest absolute Gasteiger partial charge is 0.508 e. The molecule has 0 aliphatic heterocycles. The third-order valence-corrected chi connectivity index (χ3v) is 2.13. The maximum Gasteiger partial charge on any atom is 0.142 e. The zero-order chi connectivity index (χ0) is 10.7. The van der Waals surface area contributed by atoms with Crippen molar-refractivity contribution in [3.8, 4) is 11.5 Å². The van der Waals surface area contributed by atoms with E-state index in [0.29, 0.717) is 5.69 Å². The first kappa shape index (κ1) is 10.7. The Morgan fingerprint density at radius 2 is 1.86 bits per heavy atom. The number of phenolic OH excluding ortho intramolecular Hbond substituents is 2. The molecule has 14 heavy (non-hydrogen) atoms. The van der Waals surface area contributed by atoms with E-state index in [1.54, 1.807) is 6.07 Å². The molecule has 0 amide bonds. The van der Waals surface area contributed by atoms with Crippen molar-refractivity contribution < 1.29 is 10.2 Å². The highest BCUT2D eigenvalue weighted by atomic mass is 16.3. The van der Waals surface area contributed by atoms with E-state index < -0.39 is 0 Å². The van der Waals surface area contributed by atoms with Gasteiger partial charge in [0.1, 0.15) is 11.5 Å². The zero-order valence-corrected chi connectivity index (χ0v) is 8.83. The van der Waals surface area contributed by atoms with Crippen LogP contribution in [0, 0.1) is 0 Å². The summed E-state index contributed by atoms with van der Waals surface area (Å²) in [6, 6.07) is 3.17. The lowest BCUT2D eigenvalue weighted by molar-refractivity contribution is 0.445. The van der Waals surface area contributed by atoms with Crippen molar-refractivity contribution in [1.29, 1.82) is 0 Å². The van der Waals surface area contributed by atoms with Crippen molar-refractivity contribution in [3.05, 3.63) is 17.7 Å². The highest BCUT2D eigenvalue weighted by molar-refractivity contribution is 5.61. The van der Waals surface area contributed by atoms with E-state index in [0.717, 1.165) is 12.1 Å². The van der Waals surface area contributed by atoms with Crippen molar-refractivity contribution >= 4 is 5.69 Å². The lowest BCUT2D eigenvalue weighted by atomic mass is 10.0. The van der Waals surface area contributed by atoms with Gasteiger partial charge in [-0.2, -0.15) is 0 Å². The van der Waals surface area contributed by atoms with Gasteiger partial charge >= 0.3 is 0 Å². The number of anilines is 1. The first-order valence-corrected chi connectivity index (χ1v) is 4.86. The molecule has 3 N–H and O–H groups in total. The highest BCUT2D eigenvalue weighted by Crippen LogP contribution is 2.34. The summed E-state index contributed by atoms with van der Waals surface area (Å²) in [5, 5.41) is 22.1. The molecule has 1 aromatic carbocycles. The van der Waals surface area contributed by atoms with Crippen LogP contribution in [-0.4, -0.2) is 16.8 Å². The predicted molar refractivity (Wildman–Crippen MR) is 58.0 cm³/mol. The minimum absolute atomic E-state index is 0.0914. The standard InChI is InChI=1S/C11H17NO2/c1-4-12-9-5-8(7(2)3)10(13)6-11(9)14/h5-7,12-14H,4H2,1-3H3. The maximum atomic E-state index is 9.57. The summed E-state index contributed by atoms with van der Waals surface area (Å²) in [6.07, 6.45) is 0. The van der Waals surface area contributed by atoms with Crippen LogP contribution < -0.4 is 5.32 Å². The van der Waals surface area contributed by atoms with Gasteiger partial charge in [0, 0.05) is 12.6 Å². The molecule has 0 spiro atoms. The summed E-state index contributed by atoms with van der Waals surface area (Å²) in [5.74, 6) is 0.487. The van der Waals surface area contributed by atoms with Gasteiger partial charge in [0.05, 0.1) is 5.69 Å². The smallest absolute Gasteiger partial charge is 0.142 e. The molecule has 0 radical (unpaired) electrons. The first-order valence-electron chi connectivity index (χ1n) is 4.86. The Morgan fingerprint density at radius 1 is 1.21 bits per heavy atom. The number of aromatic hydroxyl groups is 2. The molecule has 0 atom stereocenters. The van der Waals surface area contributed by atoms with Crippen molar-refractivity contribution in [2.24, 2.45) is 0 Å². The Morgan fingerprint density at radius 3 is 2.36 bits per heavy atom. The Bertz CT molecular complexity index is 321. The molecule has 0 heterocycles. The number of benzene rings is 1. The van der Waals surface area contributed by atoms with Crippen LogP contribution in [-0.2, 0) is 0 Å². The summed E-state index contributed by atoms with van der Waals surface area (Å²) in [7, 11) is 0. The fourth-order valence-corrected chi connectivity index (χ4v) is 1.39. The summed E-state index contributed by atoms with van der Waals surface area (Å²) in [5.41, 5.74) is 1.52. The number of hydrogen-bond donors (Lipinski definition) is 3. The van der Waals surface area contributed by atoms with Crippen LogP contribution in [0.3, 0.4) is 0 Å². The van der Waals surface area contributed by atoms with Gasteiger partial charge in [0.25, 0.3) is 0 Å². The van der Waals surface area contributed by atoms with Gasteiger partial charge in [0.15, 0.2) is 0 Å². The lowest BCUT2D eigenvalue weighted by Crippen LogP contribution is -1.98. The Hall–Kier alpha value is -1.38. The molecule has 1 aromatic rings. The van der Waals surface area contributed by atoms with Gasteiger partial charge in [-0.3, -0.25) is 0 Å². The lowest BCUT2D eigenvalue weighted by Gasteiger charge is -2.13. The minimum atomic E-state index is 0.0914. The molecule has 78 valence electrons. The molecule has 0 aliphatic carbocycles. The molecule has 3 nitrogen and oxygen atoms in total. The zero-order valence-electron chi connectivity index (χ0n) is 8.83. The molecule has 1 rings (SSSR count). The van der Waals surface area contributed by atoms with Crippen LogP contribution in [0.25, 0.3) is 0 Å². The number of hydrogen-bond acceptors (Lipinski definition) is 3. The highest BCUT2D eigenvalue weighted by Gasteiger charge is 2.10. The van der Waals surface area contributed by atoms with Crippen molar-refractivity contribution in [2.45, 2.75) is 26.7 Å². The second-order valence-corrected chi connectivity index (χ2v) is 3.61. The SMILES string of the molecule is CCNc1cc(C(C)C)c(O)cc1O. The molecule has 0 aliphatic rings. The molecule has 0 unspecified atom stereocenters. The molecular weight excluding hydrogens is 178 g/mol. The normalized spacial score (nSPS) is 10.6. The number of rotatable bonds is 3. The summed E-state index contributed by atoms with van der Waals surface area (Å²) in [6.45, 7) is 6.71. The fourth-order valence-electron chi connectivity index (χ4n) is 1.39. The van der Waals surface area contributed by atoms with Crippen molar-refractivity contribution in [1.82, 2.24) is 0 Å². The Balaban J connectivity index is 3.13. The third kappa shape index (κ3) is 2.10. The van der Waals surface area contributed by atoms with Crippen LogP contribution in [0.5, 0.6) is 11.5 Å². The second kappa shape index (κ2) is 4.22. The van der Waals surface area contributed by atoms with Crippen LogP contribution in [0.2, 0.25) is 0 Å². The molecule has 0 bridgehead atoms. The Labute approximate surface area is 84.4 Å². The monoisotopic (exact) mass is 195 g/mol. The average molecular weight is 195 g/mol. The molecule has 0 saturated heterocycles. The van der Waals surface area contributed by atoms with Gasteiger partial charge in [-0.1, -0.05) is 13.8 Å². The average Bonchev–Trinajstić information content (AvgIpc) is 2.09. The topological polar surface area (TPSA) is 52.5 Å². The van der Waals surface area contributed by atoms with Gasteiger partial charge in [-0.25, -0.2) is 0 Å². The van der Waals surface area contributed by atoms with Crippen LogP contribution in [0.4, 0.5) is 5.69 Å². The summed E-state index contributed by atoms with van der Waals surface area (Å²) in [4.78, 5) is 0.